The van der Waals surface area contributed by atoms with Crippen molar-refractivity contribution in [3.63, 3.8) is 0 Å². The molecule has 0 spiro atoms. The van der Waals surface area contributed by atoms with E-state index < -0.39 is 17.6 Å². The predicted octanol–water partition coefficient (Wildman–Crippen LogP) is 2.91. The second-order valence-electron chi connectivity index (χ2n) is 3.37. The third-order valence-corrected chi connectivity index (χ3v) is 2.22. The zero-order valence-electron chi connectivity index (χ0n) is 8.11. The highest BCUT2D eigenvalue weighted by Gasteiger charge is 2.34. The van der Waals surface area contributed by atoms with Crippen LogP contribution in [0, 0.1) is 5.82 Å². The Bertz CT molecular complexity index is 346. The van der Waals surface area contributed by atoms with Crippen molar-refractivity contribution in [3.8, 4) is 0 Å². The van der Waals surface area contributed by atoms with E-state index in [1.807, 2.05) is 0 Å². The molecule has 0 fully saturated rings. The van der Waals surface area contributed by atoms with E-state index in [-0.39, 0.29) is 12.5 Å². The summed E-state index contributed by atoms with van der Waals surface area (Å²) in [6.45, 7) is 1.91. The Balaban J connectivity index is 3.17. The number of hydrogen-bond donors (Lipinski definition) is 1. The normalized spacial score (nSPS) is 14.0. The molecule has 0 amide bonds. The van der Waals surface area contributed by atoms with Gasteiger partial charge in [0.1, 0.15) is 5.82 Å². The minimum Gasteiger partial charge on any atom is -0.330 e. The Morgan fingerprint density at radius 2 is 1.93 bits per heavy atom. The lowest BCUT2D eigenvalue weighted by molar-refractivity contribution is -0.140. The van der Waals surface area contributed by atoms with E-state index in [1.54, 1.807) is 6.92 Å². The summed E-state index contributed by atoms with van der Waals surface area (Å²) in [7, 11) is 0. The Hall–Kier alpha value is -1.10. The van der Waals surface area contributed by atoms with Crippen LogP contribution in [0.2, 0.25) is 0 Å². The van der Waals surface area contributed by atoms with Crippen LogP contribution in [-0.2, 0) is 6.18 Å². The van der Waals surface area contributed by atoms with Crippen molar-refractivity contribution < 1.29 is 17.6 Å². The van der Waals surface area contributed by atoms with Crippen molar-refractivity contribution in [2.75, 3.05) is 6.54 Å². The molecule has 1 aromatic rings. The highest BCUT2D eigenvalue weighted by atomic mass is 19.4. The van der Waals surface area contributed by atoms with Crippen LogP contribution in [0.15, 0.2) is 18.2 Å². The highest BCUT2D eigenvalue weighted by Crippen LogP contribution is 2.33. The van der Waals surface area contributed by atoms with Crippen LogP contribution in [0.3, 0.4) is 0 Å². The maximum absolute atomic E-state index is 12.9. The first-order valence-electron chi connectivity index (χ1n) is 4.43. The van der Waals surface area contributed by atoms with Crippen molar-refractivity contribution in [2.45, 2.75) is 19.0 Å². The van der Waals surface area contributed by atoms with Crippen molar-refractivity contribution in [1.29, 1.82) is 0 Å². The summed E-state index contributed by atoms with van der Waals surface area (Å²) in [6, 6.07) is 2.96. The van der Waals surface area contributed by atoms with Gasteiger partial charge in [-0.2, -0.15) is 13.2 Å². The van der Waals surface area contributed by atoms with Gasteiger partial charge in [0, 0.05) is 0 Å². The van der Waals surface area contributed by atoms with Gasteiger partial charge in [0.05, 0.1) is 5.56 Å². The summed E-state index contributed by atoms with van der Waals surface area (Å²) in [5.41, 5.74) is 4.49. The lowest BCUT2D eigenvalue weighted by Gasteiger charge is -2.13. The molecule has 5 heteroatoms. The van der Waals surface area contributed by atoms with Crippen molar-refractivity contribution in [3.05, 3.63) is 35.1 Å². The van der Waals surface area contributed by atoms with E-state index in [4.69, 9.17) is 5.73 Å². The fourth-order valence-corrected chi connectivity index (χ4v) is 1.20. The van der Waals surface area contributed by atoms with Crippen LogP contribution in [0.5, 0.6) is 0 Å². The molecule has 1 rings (SSSR count). The van der Waals surface area contributed by atoms with E-state index in [0.29, 0.717) is 5.56 Å². The van der Waals surface area contributed by atoms with Crippen LogP contribution in [0.25, 0.3) is 0 Å². The minimum absolute atomic E-state index is 0.216. The molecule has 0 aliphatic rings. The monoisotopic (exact) mass is 221 g/mol. The molecule has 1 aromatic carbocycles. The molecule has 0 saturated heterocycles. The molecular formula is C10H11F4N. The van der Waals surface area contributed by atoms with Gasteiger partial charge in [-0.15, -0.1) is 0 Å². The van der Waals surface area contributed by atoms with E-state index in [9.17, 15) is 17.6 Å². The molecule has 1 unspecified atom stereocenters. The number of hydrogen-bond acceptors (Lipinski definition) is 1. The molecule has 2 N–H and O–H groups in total. The summed E-state index contributed by atoms with van der Waals surface area (Å²) in [6.07, 6.45) is -4.66. The lowest BCUT2D eigenvalue weighted by atomic mass is 9.99. The van der Waals surface area contributed by atoms with Crippen molar-refractivity contribution >= 4 is 0 Å². The predicted molar refractivity (Wildman–Crippen MR) is 48.9 cm³/mol. The van der Waals surface area contributed by atoms with Crippen molar-refractivity contribution in [2.24, 2.45) is 5.73 Å². The number of halogens is 4. The minimum atomic E-state index is -4.66. The van der Waals surface area contributed by atoms with Crippen molar-refractivity contribution in [1.82, 2.24) is 0 Å². The molecular weight excluding hydrogens is 210 g/mol. The summed E-state index contributed by atoms with van der Waals surface area (Å²) in [4.78, 5) is 0. The molecule has 0 saturated carbocycles. The van der Waals surface area contributed by atoms with Crippen LogP contribution >= 0.6 is 0 Å². The summed E-state index contributed by atoms with van der Waals surface area (Å²) >= 11 is 0. The zero-order valence-corrected chi connectivity index (χ0v) is 8.11. The maximum Gasteiger partial charge on any atom is 0.419 e. The van der Waals surface area contributed by atoms with Gasteiger partial charge in [0.25, 0.3) is 0 Å². The van der Waals surface area contributed by atoms with E-state index in [1.165, 1.54) is 6.07 Å². The Morgan fingerprint density at radius 1 is 1.33 bits per heavy atom. The Labute approximate surface area is 84.9 Å². The molecule has 0 bridgehead atoms. The third kappa shape index (κ3) is 2.68. The Kier molecular flexibility index (Phi) is 3.34. The average molecular weight is 221 g/mol. The van der Waals surface area contributed by atoms with Gasteiger partial charge in [0.15, 0.2) is 0 Å². The van der Waals surface area contributed by atoms with Crippen LogP contribution < -0.4 is 5.73 Å². The molecule has 84 valence electrons. The summed E-state index contributed by atoms with van der Waals surface area (Å²) in [5.74, 6) is -1.47. The second-order valence-corrected chi connectivity index (χ2v) is 3.37. The molecule has 1 nitrogen and oxygen atoms in total. The van der Waals surface area contributed by atoms with Gasteiger partial charge >= 0.3 is 6.18 Å². The van der Waals surface area contributed by atoms with Gasteiger partial charge in [0.2, 0.25) is 0 Å². The number of nitrogens with two attached hydrogens (primary N) is 1. The molecule has 0 aliphatic heterocycles. The van der Waals surface area contributed by atoms with Gasteiger partial charge in [-0.05, 0) is 30.2 Å². The first kappa shape index (κ1) is 12.0. The van der Waals surface area contributed by atoms with Gasteiger partial charge in [-0.3, -0.25) is 0 Å². The summed E-state index contributed by atoms with van der Waals surface area (Å²) < 4.78 is 49.9. The highest BCUT2D eigenvalue weighted by molar-refractivity contribution is 5.29. The fourth-order valence-electron chi connectivity index (χ4n) is 1.20. The lowest BCUT2D eigenvalue weighted by Crippen LogP contribution is -2.12. The van der Waals surface area contributed by atoms with E-state index in [2.05, 4.69) is 0 Å². The number of alkyl halides is 3. The standard InChI is InChI=1S/C10H11F4N/c1-6(5-15)7-2-3-9(11)8(4-7)10(12,13)14/h2-4,6H,5,15H2,1H3. The topological polar surface area (TPSA) is 26.0 Å². The zero-order chi connectivity index (χ0) is 11.6. The molecule has 0 heterocycles. The fraction of sp³-hybridized carbons (Fsp3) is 0.400. The molecule has 1 atom stereocenters. The molecule has 0 aromatic heterocycles. The average Bonchev–Trinajstić information content (AvgIpc) is 2.15. The number of benzene rings is 1. The van der Waals surface area contributed by atoms with E-state index in [0.717, 1.165) is 12.1 Å². The largest absolute Gasteiger partial charge is 0.419 e. The first-order chi connectivity index (χ1) is 6.86. The molecule has 15 heavy (non-hydrogen) atoms. The van der Waals surface area contributed by atoms with Crippen LogP contribution in [0.4, 0.5) is 17.6 Å². The maximum atomic E-state index is 12.9. The van der Waals surface area contributed by atoms with Crippen LogP contribution in [-0.4, -0.2) is 6.54 Å². The van der Waals surface area contributed by atoms with Gasteiger partial charge in [-0.25, -0.2) is 4.39 Å². The number of rotatable bonds is 2. The SMILES string of the molecule is CC(CN)c1ccc(F)c(C(F)(F)F)c1. The first-order valence-corrected chi connectivity index (χ1v) is 4.43. The molecule has 0 radical (unpaired) electrons. The van der Waals surface area contributed by atoms with Gasteiger partial charge < -0.3 is 5.73 Å². The molecule has 0 aliphatic carbocycles. The second kappa shape index (κ2) is 4.18. The Morgan fingerprint density at radius 3 is 2.40 bits per heavy atom. The summed E-state index contributed by atoms with van der Waals surface area (Å²) in [5, 5.41) is 0. The van der Waals surface area contributed by atoms with Crippen LogP contribution in [0.1, 0.15) is 24.0 Å². The van der Waals surface area contributed by atoms with E-state index >= 15 is 0 Å². The van der Waals surface area contributed by atoms with Gasteiger partial charge in [-0.1, -0.05) is 13.0 Å². The smallest absolute Gasteiger partial charge is 0.330 e. The quantitative estimate of drug-likeness (QED) is 0.763. The third-order valence-electron chi connectivity index (χ3n) is 2.22.